The van der Waals surface area contributed by atoms with Crippen LogP contribution in [0.5, 0.6) is 17.2 Å². The van der Waals surface area contributed by atoms with Crippen molar-refractivity contribution in [1.29, 1.82) is 0 Å². The van der Waals surface area contributed by atoms with Gasteiger partial charge in [-0.2, -0.15) is 4.72 Å². The van der Waals surface area contributed by atoms with Crippen molar-refractivity contribution in [3.8, 4) is 17.2 Å². The average Bonchev–Trinajstić information content (AvgIpc) is 2.92. The van der Waals surface area contributed by atoms with Crippen LogP contribution in [0.15, 0.2) is 65.6 Å². The molecule has 0 aliphatic rings. The van der Waals surface area contributed by atoms with Crippen LogP contribution >= 0.6 is 11.6 Å². The first-order chi connectivity index (χ1) is 18.1. The SMILES string of the molecule is COC(=O)c1cc(OC)c(OC)cc1NC(=O)C(Cc1ccccc1)NS(=O)(=O)c1ccc(OC)c(Cl)c1. The molecule has 0 aromatic heterocycles. The Morgan fingerprint density at radius 2 is 1.50 bits per heavy atom. The summed E-state index contributed by atoms with van der Waals surface area (Å²) in [4.78, 5) is 25.8. The van der Waals surface area contributed by atoms with Crippen LogP contribution in [0.3, 0.4) is 0 Å². The van der Waals surface area contributed by atoms with Crippen molar-refractivity contribution >= 4 is 39.2 Å². The van der Waals surface area contributed by atoms with E-state index in [2.05, 4.69) is 10.0 Å². The molecule has 0 spiro atoms. The second-order valence-electron chi connectivity index (χ2n) is 7.89. The first-order valence-electron chi connectivity index (χ1n) is 11.2. The quantitative estimate of drug-likeness (QED) is 0.339. The second kappa shape index (κ2) is 12.6. The molecule has 1 amide bonds. The standard InChI is InChI=1S/C26H27ClN2O8S/c1-34-22-11-10-17(13-19(22)27)38(32,33)29-21(12-16-8-6-5-7-9-16)25(30)28-20-15-24(36-3)23(35-2)14-18(20)26(31)37-4/h5-11,13-15,21,29H,12H2,1-4H3,(H,28,30). The first-order valence-corrected chi connectivity index (χ1v) is 13.0. The third kappa shape index (κ3) is 6.74. The van der Waals surface area contributed by atoms with Crippen LogP contribution in [0.4, 0.5) is 5.69 Å². The van der Waals surface area contributed by atoms with Crippen molar-refractivity contribution in [2.45, 2.75) is 17.4 Å². The monoisotopic (exact) mass is 562 g/mol. The van der Waals surface area contributed by atoms with E-state index in [1.165, 1.54) is 58.8 Å². The highest BCUT2D eigenvalue weighted by molar-refractivity contribution is 7.89. The van der Waals surface area contributed by atoms with Crippen molar-refractivity contribution in [1.82, 2.24) is 4.72 Å². The van der Waals surface area contributed by atoms with Gasteiger partial charge >= 0.3 is 5.97 Å². The number of amides is 1. The van der Waals surface area contributed by atoms with Crippen molar-refractivity contribution in [3.05, 3.63) is 76.8 Å². The van der Waals surface area contributed by atoms with Gasteiger partial charge in [0.05, 0.1) is 49.6 Å². The number of methoxy groups -OCH3 is 4. The van der Waals surface area contributed by atoms with E-state index in [1.54, 1.807) is 30.3 Å². The summed E-state index contributed by atoms with van der Waals surface area (Å²) in [6.45, 7) is 0. The summed E-state index contributed by atoms with van der Waals surface area (Å²) in [6.07, 6.45) is 0.0106. The maximum absolute atomic E-state index is 13.5. The Morgan fingerprint density at radius 3 is 2.08 bits per heavy atom. The Morgan fingerprint density at radius 1 is 0.868 bits per heavy atom. The first kappa shape index (κ1) is 28.8. The number of esters is 1. The summed E-state index contributed by atoms with van der Waals surface area (Å²) < 4.78 is 49.4. The van der Waals surface area contributed by atoms with Crippen LogP contribution in [0, 0.1) is 0 Å². The summed E-state index contributed by atoms with van der Waals surface area (Å²) >= 11 is 6.12. The van der Waals surface area contributed by atoms with Gasteiger partial charge in [-0.15, -0.1) is 0 Å². The Bertz CT molecular complexity index is 1410. The largest absolute Gasteiger partial charge is 0.495 e. The number of anilines is 1. The topological polar surface area (TPSA) is 129 Å². The third-order valence-corrected chi connectivity index (χ3v) is 7.28. The van der Waals surface area contributed by atoms with Crippen LogP contribution in [-0.2, 0) is 26.0 Å². The lowest BCUT2D eigenvalue weighted by Crippen LogP contribution is -2.45. The normalized spacial score (nSPS) is 11.8. The summed E-state index contributed by atoms with van der Waals surface area (Å²) in [5.41, 5.74) is 0.731. The molecule has 12 heteroatoms. The molecule has 3 rings (SSSR count). The fourth-order valence-electron chi connectivity index (χ4n) is 3.59. The molecule has 0 heterocycles. The Labute approximate surface area is 225 Å². The van der Waals surface area contributed by atoms with Gasteiger partial charge in [-0.05, 0) is 30.2 Å². The number of carbonyl (C=O) groups excluding carboxylic acids is 2. The van der Waals surface area contributed by atoms with E-state index in [-0.39, 0.29) is 39.1 Å². The molecule has 0 aliphatic carbocycles. The van der Waals surface area contributed by atoms with E-state index in [4.69, 9.17) is 30.5 Å². The highest BCUT2D eigenvalue weighted by Gasteiger charge is 2.28. The number of benzene rings is 3. The third-order valence-electron chi connectivity index (χ3n) is 5.52. The van der Waals surface area contributed by atoms with Gasteiger partial charge in [-0.25, -0.2) is 13.2 Å². The van der Waals surface area contributed by atoms with Crippen LogP contribution in [0.25, 0.3) is 0 Å². The molecule has 0 saturated heterocycles. The molecule has 1 unspecified atom stereocenters. The molecule has 3 aromatic rings. The molecule has 0 fully saturated rings. The van der Waals surface area contributed by atoms with Gasteiger partial charge in [0.2, 0.25) is 15.9 Å². The van der Waals surface area contributed by atoms with Gasteiger partial charge < -0.3 is 24.3 Å². The highest BCUT2D eigenvalue weighted by atomic mass is 35.5. The summed E-state index contributed by atoms with van der Waals surface area (Å²) in [6, 6.07) is 14.3. The predicted octanol–water partition coefficient (Wildman–Crippen LogP) is 3.68. The van der Waals surface area contributed by atoms with Crippen molar-refractivity contribution in [2.75, 3.05) is 33.8 Å². The predicted molar refractivity (Wildman–Crippen MR) is 142 cm³/mol. The van der Waals surface area contributed by atoms with Crippen LogP contribution in [-0.4, -0.2) is 54.8 Å². The van der Waals surface area contributed by atoms with Gasteiger partial charge in [0.15, 0.2) is 11.5 Å². The number of ether oxygens (including phenoxy) is 4. The molecule has 202 valence electrons. The van der Waals surface area contributed by atoms with E-state index >= 15 is 0 Å². The average molecular weight is 563 g/mol. The Balaban J connectivity index is 2.00. The lowest BCUT2D eigenvalue weighted by atomic mass is 10.1. The maximum Gasteiger partial charge on any atom is 0.340 e. The van der Waals surface area contributed by atoms with Crippen molar-refractivity contribution in [3.63, 3.8) is 0 Å². The van der Waals surface area contributed by atoms with E-state index < -0.39 is 27.9 Å². The minimum Gasteiger partial charge on any atom is -0.495 e. The molecule has 0 bridgehead atoms. The number of nitrogens with one attached hydrogen (secondary N) is 2. The highest BCUT2D eigenvalue weighted by Crippen LogP contribution is 2.34. The summed E-state index contributed by atoms with van der Waals surface area (Å²) in [5, 5.41) is 2.72. The van der Waals surface area contributed by atoms with Gasteiger partial charge in [-0.3, -0.25) is 4.79 Å². The number of halogens is 1. The van der Waals surface area contributed by atoms with Crippen LogP contribution in [0.2, 0.25) is 5.02 Å². The fraction of sp³-hybridized carbons (Fsp3) is 0.231. The number of sulfonamides is 1. The van der Waals surface area contributed by atoms with Crippen molar-refractivity contribution < 1.29 is 37.0 Å². The molecular formula is C26H27ClN2O8S. The van der Waals surface area contributed by atoms with Gasteiger partial charge in [0.1, 0.15) is 11.8 Å². The fourth-order valence-corrected chi connectivity index (χ4v) is 5.13. The molecule has 0 aliphatic heterocycles. The minimum atomic E-state index is -4.21. The van der Waals surface area contributed by atoms with Gasteiger partial charge in [-0.1, -0.05) is 41.9 Å². The van der Waals surface area contributed by atoms with Crippen LogP contribution < -0.4 is 24.2 Å². The second-order valence-corrected chi connectivity index (χ2v) is 10.0. The Kier molecular flexibility index (Phi) is 9.56. The molecule has 38 heavy (non-hydrogen) atoms. The van der Waals surface area contributed by atoms with Crippen molar-refractivity contribution in [2.24, 2.45) is 0 Å². The van der Waals surface area contributed by atoms with Crippen LogP contribution in [0.1, 0.15) is 15.9 Å². The van der Waals surface area contributed by atoms with E-state index in [1.807, 2.05) is 0 Å². The molecule has 1 atom stereocenters. The number of hydrogen-bond donors (Lipinski definition) is 2. The zero-order chi connectivity index (χ0) is 27.9. The molecule has 10 nitrogen and oxygen atoms in total. The molecular weight excluding hydrogens is 536 g/mol. The number of hydrogen-bond acceptors (Lipinski definition) is 8. The molecule has 3 aromatic carbocycles. The lowest BCUT2D eigenvalue weighted by molar-refractivity contribution is -0.117. The maximum atomic E-state index is 13.5. The summed E-state index contributed by atoms with van der Waals surface area (Å²) in [5.74, 6) is -0.691. The number of rotatable bonds is 11. The minimum absolute atomic E-state index is 0.0106. The van der Waals surface area contributed by atoms with E-state index in [0.717, 1.165) is 0 Å². The summed E-state index contributed by atoms with van der Waals surface area (Å²) in [7, 11) is 1.19. The molecule has 0 radical (unpaired) electrons. The van der Waals surface area contributed by atoms with Gasteiger partial charge in [0, 0.05) is 12.1 Å². The zero-order valence-electron chi connectivity index (χ0n) is 21.1. The number of carbonyl (C=O) groups is 2. The van der Waals surface area contributed by atoms with E-state index in [9.17, 15) is 18.0 Å². The Hall–Kier alpha value is -3.80. The lowest BCUT2D eigenvalue weighted by Gasteiger charge is -2.21. The molecule has 2 N–H and O–H groups in total. The molecule has 0 saturated carbocycles. The van der Waals surface area contributed by atoms with E-state index in [0.29, 0.717) is 11.3 Å². The zero-order valence-corrected chi connectivity index (χ0v) is 22.7. The van der Waals surface area contributed by atoms with Gasteiger partial charge in [0.25, 0.3) is 0 Å². The smallest absolute Gasteiger partial charge is 0.340 e.